The van der Waals surface area contributed by atoms with Crippen molar-refractivity contribution in [3.05, 3.63) is 59.2 Å². The molecule has 2 aromatic rings. The first-order chi connectivity index (χ1) is 14.0. The summed E-state index contributed by atoms with van der Waals surface area (Å²) >= 11 is 0. The minimum absolute atomic E-state index is 0. The van der Waals surface area contributed by atoms with Crippen LogP contribution in [0.2, 0.25) is 0 Å². The van der Waals surface area contributed by atoms with Gasteiger partial charge in [0, 0.05) is 20.1 Å². The molecule has 0 radical (unpaired) electrons. The third kappa shape index (κ3) is 7.68. The van der Waals surface area contributed by atoms with E-state index in [0.717, 1.165) is 42.5 Å². The average Bonchev–Trinajstić information content (AvgIpc) is 2.73. The van der Waals surface area contributed by atoms with Gasteiger partial charge < -0.3 is 25.0 Å². The molecule has 0 saturated carbocycles. The highest BCUT2D eigenvalue weighted by Crippen LogP contribution is 2.22. The van der Waals surface area contributed by atoms with Crippen molar-refractivity contribution in [3.8, 4) is 11.5 Å². The van der Waals surface area contributed by atoms with E-state index in [2.05, 4.69) is 71.9 Å². The lowest BCUT2D eigenvalue weighted by Gasteiger charge is -2.26. The number of likely N-dealkylation sites (N-methyl/N-ethyl adjacent to an activating group) is 1. The molecule has 0 aliphatic heterocycles. The molecule has 2 aromatic carbocycles. The van der Waals surface area contributed by atoms with Crippen LogP contribution in [0.25, 0.3) is 0 Å². The minimum Gasteiger partial charge on any atom is -0.497 e. The van der Waals surface area contributed by atoms with E-state index in [-0.39, 0.29) is 30.0 Å². The van der Waals surface area contributed by atoms with Gasteiger partial charge in [-0.3, -0.25) is 4.99 Å². The molecule has 0 aromatic heterocycles. The molecule has 2 N–H and O–H groups in total. The maximum atomic E-state index is 5.41. The van der Waals surface area contributed by atoms with Crippen LogP contribution >= 0.6 is 24.0 Å². The lowest BCUT2D eigenvalue weighted by atomic mass is 10.1. The van der Waals surface area contributed by atoms with Crippen LogP contribution in [0.3, 0.4) is 0 Å². The molecule has 0 aliphatic rings. The van der Waals surface area contributed by atoms with Crippen LogP contribution in [0.4, 0.5) is 0 Å². The number of hydrogen-bond acceptors (Lipinski definition) is 4. The smallest absolute Gasteiger partial charge is 0.191 e. The van der Waals surface area contributed by atoms with Gasteiger partial charge in [-0.05, 0) is 62.3 Å². The van der Waals surface area contributed by atoms with Crippen LogP contribution < -0.4 is 20.1 Å². The van der Waals surface area contributed by atoms with Crippen molar-refractivity contribution in [2.45, 2.75) is 19.4 Å². The minimum atomic E-state index is 0. The molecule has 0 bridgehead atoms. The van der Waals surface area contributed by atoms with Crippen molar-refractivity contribution in [3.63, 3.8) is 0 Å². The summed E-state index contributed by atoms with van der Waals surface area (Å²) in [6.07, 6.45) is 0.893. The summed E-state index contributed by atoms with van der Waals surface area (Å²) < 4.78 is 10.8. The van der Waals surface area contributed by atoms with Gasteiger partial charge in [-0.1, -0.05) is 24.3 Å². The van der Waals surface area contributed by atoms with Crippen LogP contribution in [0.15, 0.2) is 47.5 Å². The van der Waals surface area contributed by atoms with Crippen LogP contribution in [0, 0.1) is 6.92 Å². The predicted molar refractivity (Wildman–Crippen MR) is 136 cm³/mol. The zero-order chi connectivity index (χ0) is 21.2. The second-order valence-electron chi connectivity index (χ2n) is 7.19. The Morgan fingerprint density at radius 1 is 1.07 bits per heavy atom. The van der Waals surface area contributed by atoms with Crippen molar-refractivity contribution in [2.75, 3.05) is 48.5 Å². The molecule has 0 amide bonds. The Kier molecular flexibility index (Phi) is 11.6. The van der Waals surface area contributed by atoms with E-state index in [1.807, 2.05) is 12.1 Å². The lowest BCUT2D eigenvalue weighted by Crippen LogP contribution is -2.42. The summed E-state index contributed by atoms with van der Waals surface area (Å²) in [5.41, 5.74) is 3.58. The maximum Gasteiger partial charge on any atom is 0.191 e. The first-order valence-corrected chi connectivity index (χ1v) is 9.87. The summed E-state index contributed by atoms with van der Waals surface area (Å²) in [6, 6.07) is 14.7. The normalized spacial score (nSPS) is 12.2. The van der Waals surface area contributed by atoms with Gasteiger partial charge in [-0.25, -0.2) is 0 Å². The van der Waals surface area contributed by atoms with E-state index < -0.39 is 0 Å². The van der Waals surface area contributed by atoms with Gasteiger partial charge in [0.05, 0.1) is 20.3 Å². The van der Waals surface area contributed by atoms with Crippen LogP contribution in [0.1, 0.15) is 22.7 Å². The predicted octanol–water partition coefficient (Wildman–Crippen LogP) is 3.64. The van der Waals surface area contributed by atoms with E-state index in [9.17, 15) is 0 Å². The fraction of sp³-hybridized carbons (Fsp3) is 0.435. The molecule has 1 unspecified atom stereocenters. The number of nitrogens with one attached hydrogen (secondary N) is 2. The molecule has 0 spiro atoms. The first kappa shape index (κ1) is 26.0. The number of aliphatic imine (C=N–C) groups is 1. The Morgan fingerprint density at radius 3 is 2.47 bits per heavy atom. The molecule has 6 nitrogen and oxygen atoms in total. The number of halogens is 1. The van der Waals surface area contributed by atoms with Crippen molar-refractivity contribution in [1.29, 1.82) is 0 Å². The fourth-order valence-corrected chi connectivity index (χ4v) is 3.21. The molecule has 1 atom stereocenters. The van der Waals surface area contributed by atoms with Gasteiger partial charge in [0.2, 0.25) is 0 Å². The van der Waals surface area contributed by atoms with Crippen molar-refractivity contribution in [2.24, 2.45) is 4.99 Å². The van der Waals surface area contributed by atoms with Crippen LogP contribution in [-0.2, 0) is 6.42 Å². The molecular weight excluding hydrogens is 491 g/mol. The van der Waals surface area contributed by atoms with Crippen molar-refractivity contribution in [1.82, 2.24) is 15.5 Å². The van der Waals surface area contributed by atoms with Gasteiger partial charge in [-0.15, -0.1) is 24.0 Å². The molecular formula is C23H35IN4O2. The molecule has 30 heavy (non-hydrogen) atoms. The van der Waals surface area contributed by atoms with E-state index in [1.165, 1.54) is 11.1 Å². The van der Waals surface area contributed by atoms with Gasteiger partial charge in [0.25, 0.3) is 0 Å². The van der Waals surface area contributed by atoms with Gasteiger partial charge in [0.15, 0.2) is 5.96 Å². The topological polar surface area (TPSA) is 58.1 Å². The number of aryl methyl sites for hydroxylation is 1. The second-order valence-corrected chi connectivity index (χ2v) is 7.19. The van der Waals surface area contributed by atoms with Crippen LogP contribution in [0.5, 0.6) is 11.5 Å². The zero-order valence-electron chi connectivity index (χ0n) is 18.9. The third-order valence-corrected chi connectivity index (χ3v) is 4.97. The Balaban J connectivity index is 0.00000450. The number of rotatable bonds is 9. The Bertz CT molecular complexity index is 812. The highest BCUT2D eigenvalue weighted by molar-refractivity contribution is 14.0. The maximum absolute atomic E-state index is 5.41. The molecule has 0 fully saturated rings. The zero-order valence-corrected chi connectivity index (χ0v) is 21.2. The Labute approximate surface area is 198 Å². The highest BCUT2D eigenvalue weighted by atomic mass is 127. The lowest BCUT2D eigenvalue weighted by molar-refractivity contribution is 0.297. The van der Waals surface area contributed by atoms with E-state index in [0.29, 0.717) is 0 Å². The summed E-state index contributed by atoms with van der Waals surface area (Å²) in [4.78, 5) is 6.54. The first-order valence-electron chi connectivity index (χ1n) is 9.87. The number of hydrogen-bond donors (Lipinski definition) is 2. The van der Waals surface area contributed by atoms with Crippen LogP contribution in [-0.4, -0.2) is 59.3 Å². The summed E-state index contributed by atoms with van der Waals surface area (Å²) in [7, 11) is 9.34. The molecule has 0 saturated heterocycles. The highest BCUT2D eigenvalue weighted by Gasteiger charge is 2.15. The van der Waals surface area contributed by atoms with E-state index >= 15 is 0 Å². The van der Waals surface area contributed by atoms with Crippen molar-refractivity contribution >= 4 is 29.9 Å². The summed E-state index contributed by atoms with van der Waals surface area (Å²) in [6.45, 7) is 3.58. The third-order valence-electron chi connectivity index (χ3n) is 4.97. The summed E-state index contributed by atoms with van der Waals surface area (Å²) in [5.74, 6) is 2.58. The standard InChI is InChI=1S/C23H34N4O2.HI/c1-17-10-11-18(14-22(17)29-6)12-13-25-23(24-2)26-16-21(27(3)4)19-8-7-9-20(15-19)28-5;/h7-11,14-15,21H,12-13,16H2,1-6H3,(H2,24,25,26);1H. The Morgan fingerprint density at radius 2 is 1.83 bits per heavy atom. The molecule has 166 valence electrons. The van der Waals surface area contributed by atoms with E-state index in [1.54, 1.807) is 21.3 Å². The summed E-state index contributed by atoms with van der Waals surface area (Å²) in [5, 5.41) is 6.83. The number of nitrogens with zero attached hydrogens (tertiary/aromatic N) is 2. The quantitative estimate of drug-likeness (QED) is 0.297. The molecule has 0 heterocycles. The molecule has 7 heteroatoms. The van der Waals surface area contributed by atoms with Gasteiger partial charge >= 0.3 is 0 Å². The van der Waals surface area contributed by atoms with Crippen molar-refractivity contribution < 1.29 is 9.47 Å². The monoisotopic (exact) mass is 526 g/mol. The SMILES string of the molecule is CN=C(NCCc1ccc(C)c(OC)c1)NCC(c1cccc(OC)c1)N(C)C.I. The second kappa shape index (κ2) is 13.3. The number of guanidine groups is 1. The average molecular weight is 526 g/mol. The number of methoxy groups -OCH3 is 2. The molecule has 0 aliphatic carbocycles. The van der Waals surface area contributed by atoms with Gasteiger partial charge in [-0.2, -0.15) is 0 Å². The van der Waals surface area contributed by atoms with Gasteiger partial charge in [0.1, 0.15) is 11.5 Å². The van der Waals surface area contributed by atoms with E-state index in [4.69, 9.17) is 9.47 Å². The Hall–Kier alpha value is -2.00. The largest absolute Gasteiger partial charge is 0.497 e. The number of ether oxygens (including phenoxy) is 2. The number of benzene rings is 2. The molecule has 2 rings (SSSR count). The fourth-order valence-electron chi connectivity index (χ4n) is 3.21.